The predicted octanol–water partition coefficient (Wildman–Crippen LogP) is 1.98. The molecule has 19 heavy (non-hydrogen) atoms. The zero-order chi connectivity index (χ0) is 13.8. The van der Waals surface area contributed by atoms with E-state index in [-0.39, 0.29) is 0 Å². The molecule has 0 aromatic heterocycles. The van der Waals surface area contributed by atoms with Crippen molar-refractivity contribution in [3.63, 3.8) is 0 Å². The first kappa shape index (κ1) is 14.1. The summed E-state index contributed by atoms with van der Waals surface area (Å²) >= 11 is 0. The third-order valence-corrected chi connectivity index (χ3v) is 3.90. The number of nitrogens with one attached hydrogen (secondary N) is 1. The third-order valence-electron chi connectivity index (χ3n) is 3.90. The van der Waals surface area contributed by atoms with Crippen LogP contribution in [-0.2, 0) is 11.2 Å². The Balaban J connectivity index is 1.96. The Hall–Kier alpha value is -1.35. The molecule has 0 aliphatic carbocycles. The van der Waals surface area contributed by atoms with Gasteiger partial charge in [-0.05, 0) is 43.9 Å². The van der Waals surface area contributed by atoms with Crippen LogP contribution in [0.25, 0.3) is 0 Å². The first-order valence-electron chi connectivity index (χ1n) is 7.13. The molecule has 0 radical (unpaired) electrons. The summed E-state index contributed by atoms with van der Waals surface area (Å²) in [6, 6.07) is 4.41. The van der Waals surface area contributed by atoms with Crippen LogP contribution in [0, 0.1) is 20.8 Å². The zero-order valence-electron chi connectivity index (χ0n) is 12.3. The van der Waals surface area contributed by atoms with Crippen LogP contribution in [0.5, 0.6) is 0 Å². The highest BCUT2D eigenvalue weighted by molar-refractivity contribution is 5.76. The molecule has 1 aliphatic heterocycles. The van der Waals surface area contributed by atoms with Crippen LogP contribution in [0.2, 0.25) is 0 Å². The average Bonchev–Trinajstić information content (AvgIpc) is 2.38. The van der Waals surface area contributed by atoms with Crippen molar-refractivity contribution >= 4 is 5.91 Å². The van der Waals surface area contributed by atoms with Gasteiger partial charge < -0.3 is 10.2 Å². The van der Waals surface area contributed by atoms with Gasteiger partial charge in [0.15, 0.2) is 0 Å². The van der Waals surface area contributed by atoms with E-state index >= 15 is 0 Å². The molecule has 0 atom stereocenters. The summed E-state index contributed by atoms with van der Waals surface area (Å²) in [5.74, 6) is 0.292. The summed E-state index contributed by atoms with van der Waals surface area (Å²) in [5, 5.41) is 3.27. The molecule has 1 heterocycles. The van der Waals surface area contributed by atoms with Gasteiger partial charge in [0.05, 0.1) is 0 Å². The molecular weight excluding hydrogens is 236 g/mol. The number of nitrogens with zero attached hydrogens (tertiary/aromatic N) is 1. The molecule has 1 aromatic rings. The van der Waals surface area contributed by atoms with E-state index < -0.39 is 0 Å². The van der Waals surface area contributed by atoms with Crippen LogP contribution >= 0.6 is 0 Å². The van der Waals surface area contributed by atoms with E-state index in [2.05, 4.69) is 38.2 Å². The maximum Gasteiger partial charge on any atom is 0.222 e. The lowest BCUT2D eigenvalue weighted by atomic mass is 9.96. The van der Waals surface area contributed by atoms with E-state index in [0.29, 0.717) is 12.3 Å². The van der Waals surface area contributed by atoms with Gasteiger partial charge >= 0.3 is 0 Å². The van der Waals surface area contributed by atoms with Crippen LogP contribution < -0.4 is 5.32 Å². The number of hydrogen-bond acceptors (Lipinski definition) is 2. The molecule has 3 nitrogen and oxygen atoms in total. The van der Waals surface area contributed by atoms with Gasteiger partial charge in [-0.3, -0.25) is 4.79 Å². The number of carbonyl (C=O) groups excluding carboxylic acids is 1. The van der Waals surface area contributed by atoms with Crippen molar-refractivity contribution < 1.29 is 4.79 Å². The summed E-state index contributed by atoms with van der Waals surface area (Å²) in [7, 11) is 0. The Morgan fingerprint density at radius 1 is 1.16 bits per heavy atom. The number of amides is 1. The summed E-state index contributed by atoms with van der Waals surface area (Å²) in [6.07, 6.45) is 1.49. The van der Waals surface area contributed by atoms with E-state index in [9.17, 15) is 4.79 Å². The molecule has 1 aliphatic rings. The molecule has 0 spiro atoms. The SMILES string of the molecule is Cc1cc(C)c(CCC(=O)N2CCNCC2)c(C)c1. The fourth-order valence-corrected chi connectivity index (χ4v) is 2.91. The van der Waals surface area contributed by atoms with E-state index in [4.69, 9.17) is 0 Å². The van der Waals surface area contributed by atoms with Gasteiger partial charge in [-0.15, -0.1) is 0 Å². The minimum Gasteiger partial charge on any atom is -0.340 e. The van der Waals surface area contributed by atoms with Crippen LogP contribution in [0.3, 0.4) is 0 Å². The topological polar surface area (TPSA) is 32.3 Å². The van der Waals surface area contributed by atoms with Crippen molar-refractivity contribution in [3.8, 4) is 0 Å². The smallest absolute Gasteiger partial charge is 0.222 e. The fourth-order valence-electron chi connectivity index (χ4n) is 2.91. The normalized spacial score (nSPS) is 15.6. The van der Waals surface area contributed by atoms with Crippen molar-refractivity contribution in [3.05, 3.63) is 34.4 Å². The molecule has 1 N–H and O–H groups in total. The van der Waals surface area contributed by atoms with E-state index in [1.54, 1.807) is 0 Å². The van der Waals surface area contributed by atoms with Crippen molar-refractivity contribution in [2.45, 2.75) is 33.6 Å². The second-order valence-corrected chi connectivity index (χ2v) is 5.51. The van der Waals surface area contributed by atoms with Crippen LogP contribution in [0.15, 0.2) is 12.1 Å². The molecule has 0 unspecified atom stereocenters. The number of rotatable bonds is 3. The number of carbonyl (C=O) groups is 1. The molecule has 2 rings (SSSR count). The Kier molecular flexibility index (Phi) is 4.59. The minimum atomic E-state index is 0.292. The van der Waals surface area contributed by atoms with Crippen molar-refractivity contribution in [1.82, 2.24) is 10.2 Å². The molecule has 1 saturated heterocycles. The van der Waals surface area contributed by atoms with Gasteiger partial charge in [0, 0.05) is 32.6 Å². The van der Waals surface area contributed by atoms with Crippen LogP contribution in [-0.4, -0.2) is 37.0 Å². The molecule has 0 bridgehead atoms. The van der Waals surface area contributed by atoms with Gasteiger partial charge in [0.25, 0.3) is 0 Å². The third kappa shape index (κ3) is 3.57. The summed E-state index contributed by atoms with van der Waals surface area (Å²) in [4.78, 5) is 14.1. The summed E-state index contributed by atoms with van der Waals surface area (Å²) in [6.45, 7) is 9.96. The van der Waals surface area contributed by atoms with Gasteiger partial charge in [-0.1, -0.05) is 17.7 Å². The average molecular weight is 260 g/mol. The standard InChI is InChI=1S/C16H24N2O/c1-12-10-13(2)15(14(3)11-12)4-5-16(19)18-8-6-17-7-9-18/h10-11,17H,4-9H2,1-3H3. The van der Waals surface area contributed by atoms with Gasteiger partial charge in [0.2, 0.25) is 5.91 Å². The number of piperazine rings is 1. The molecule has 1 fully saturated rings. The van der Waals surface area contributed by atoms with Crippen molar-refractivity contribution in [2.75, 3.05) is 26.2 Å². The molecule has 1 aromatic carbocycles. The van der Waals surface area contributed by atoms with Crippen LogP contribution in [0.4, 0.5) is 0 Å². The Morgan fingerprint density at radius 3 is 2.32 bits per heavy atom. The summed E-state index contributed by atoms with van der Waals surface area (Å²) in [5.41, 5.74) is 5.26. The number of benzene rings is 1. The second kappa shape index (κ2) is 6.20. The van der Waals surface area contributed by atoms with Crippen molar-refractivity contribution in [1.29, 1.82) is 0 Å². The van der Waals surface area contributed by atoms with Crippen LogP contribution in [0.1, 0.15) is 28.7 Å². The lowest BCUT2D eigenvalue weighted by Gasteiger charge is -2.27. The highest BCUT2D eigenvalue weighted by atomic mass is 16.2. The highest BCUT2D eigenvalue weighted by Crippen LogP contribution is 2.18. The number of aryl methyl sites for hydroxylation is 3. The van der Waals surface area contributed by atoms with Gasteiger partial charge in [-0.2, -0.15) is 0 Å². The van der Waals surface area contributed by atoms with E-state index in [0.717, 1.165) is 32.6 Å². The molecule has 104 valence electrons. The van der Waals surface area contributed by atoms with Gasteiger partial charge in [0.1, 0.15) is 0 Å². The molecular formula is C16H24N2O. The maximum atomic E-state index is 12.2. The Bertz CT molecular complexity index is 439. The largest absolute Gasteiger partial charge is 0.340 e. The Labute approximate surface area is 116 Å². The first-order chi connectivity index (χ1) is 9.08. The highest BCUT2D eigenvalue weighted by Gasteiger charge is 2.16. The Morgan fingerprint density at radius 2 is 1.74 bits per heavy atom. The lowest BCUT2D eigenvalue weighted by Crippen LogP contribution is -2.46. The first-order valence-corrected chi connectivity index (χ1v) is 7.13. The fraction of sp³-hybridized carbons (Fsp3) is 0.562. The maximum absolute atomic E-state index is 12.2. The number of hydrogen-bond donors (Lipinski definition) is 1. The monoisotopic (exact) mass is 260 g/mol. The quantitative estimate of drug-likeness (QED) is 0.901. The second-order valence-electron chi connectivity index (χ2n) is 5.51. The molecule has 3 heteroatoms. The summed E-state index contributed by atoms with van der Waals surface area (Å²) < 4.78 is 0. The minimum absolute atomic E-state index is 0.292. The lowest BCUT2D eigenvalue weighted by molar-refractivity contribution is -0.131. The van der Waals surface area contributed by atoms with Gasteiger partial charge in [-0.25, -0.2) is 0 Å². The van der Waals surface area contributed by atoms with E-state index in [1.807, 2.05) is 4.90 Å². The zero-order valence-corrected chi connectivity index (χ0v) is 12.3. The predicted molar refractivity (Wildman–Crippen MR) is 78.4 cm³/mol. The molecule has 1 amide bonds. The molecule has 0 saturated carbocycles. The van der Waals surface area contributed by atoms with E-state index in [1.165, 1.54) is 22.3 Å². The van der Waals surface area contributed by atoms with Crippen molar-refractivity contribution in [2.24, 2.45) is 0 Å².